The van der Waals surface area contributed by atoms with E-state index in [4.69, 9.17) is 14.6 Å². The summed E-state index contributed by atoms with van der Waals surface area (Å²) in [4.78, 5) is 0. The third-order valence-electron chi connectivity index (χ3n) is 3.64. The van der Waals surface area contributed by atoms with Gasteiger partial charge >= 0.3 is 0 Å². The van der Waals surface area contributed by atoms with Crippen LogP contribution in [0.3, 0.4) is 0 Å². The summed E-state index contributed by atoms with van der Waals surface area (Å²) in [5.74, 6) is 5.57. The maximum atomic E-state index is 8.71. The first-order chi connectivity index (χ1) is 9.81. The summed E-state index contributed by atoms with van der Waals surface area (Å²) in [7, 11) is 1.77. The van der Waals surface area contributed by atoms with E-state index in [1.165, 1.54) is 6.42 Å². The van der Waals surface area contributed by atoms with Crippen molar-refractivity contribution in [2.24, 2.45) is 0 Å². The number of rotatable bonds is 4. The topological polar surface area (TPSA) is 38.7 Å². The highest BCUT2D eigenvalue weighted by molar-refractivity contribution is 5.36. The van der Waals surface area contributed by atoms with Gasteiger partial charge in [0.15, 0.2) is 0 Å². The number of methoxy groups -OCH3 is 1. The highest BCUT2D eigenvalue weighted by Crippen LogP contribution is 2.24. The molecule has 1 fully saturated rings. The third kappa shape index (κ3) is 4.64. The first-order valence-electron chi connectivity index (χ1n) is 7.15. The minimum atomic E-state index is -0.110. The van der Waals surface area contributed by atoms with E-state index in [0.717, 1.165) is 30.4 Å². The molecule has 20 heavy (non-hydrogen) atoms. The van der Waals surface area contributed by atoms with Crippen LogP contribution in [0.2, 0.25) is 0 Å². The van der Waals surface area contributed by atoms with Crippen molar-refractivity contribution in [1.29, 1.82) is 0 Å². The van der Waals surface area contributed by atoms with E-state index in [-0.39, 0.29) is 6.61 Å². The monoisotopic (exact) mass is 274 g/mol. The second-order valence-corrected chi connectivity index (χ2v) is 5.12. The van der Waals surface area contributed by atoms with Crippen molar-refractivity contribution in [3.63, 3.8) is 0 Å². The van der Waals surface area contributed by atoms with Crippen LogP contribution in [-0.2, 0) is 16.1 Å². The van der Waals surface area contributed by atoms with Crippen molar-refractivity contribution in [2.75, 3.05) is 13.7 Å². The molecule has 0 saturated heterocycles. The van der Waals surface area contributed by atoms with E-state index in [9.17, 15) is 0 Å². The van der Waals surface area contributed by atoms with Crippen molar-refractivity contribution in [1.82, 2.24) is 0 Å². The summed E-state index contributed by atoms with van der Waals surface area (Å²) >= 11 is 0. The number of hydrogen-bond donors (Lipinski definition) is 1. The first-order valence-corrected chi connectivity index (χ1v) is 7.15. The van der Waals surface area contributed by atoms with Crippen LogP contribution in [-0.4, -0.2) is 31.0 Å². The largest absolute Gasteiger partial charge is 0.384 e. The van der Waals surface area contributed by atoms with Gasteiger partial charge in [-0.15, -0.1) is 0 Å². The summed E-state index contributed by atoms with van der Waals surface area (Å²) in [5.41, 5.74) is 2.04. The van der Waals surface area contributed by atoms with Crippen molar-refractivity contribution in [3.8, 4) is 11.8 Å². The Morgan fingerprint density at radius 2 is 2.15 bits per heavy atom. The van der Waals surface area contributed by atoms with Crippen molar-refractivity contribution < 1.29 is 14.6 Å². The Morgan fingerprint density at radius 3 is 2.95 bits per heavy atom. The smallest absolute Gasteiger partial charge is 0.104 e. The van der Waals surface area contributed by atoms with E-state index in [1.807, 2.05) is 24.3 Å². The molecular weight excluding hydrogens is 252 g/mol. The lowest BCUT2D eigenvalue weighted by Crippen LogP contribution is -2.27. The fourth-order valence-electron chi connectivity index (χ4n) is 2.56. The summed E-state index contributed by atoms with van der Waals surface area (Å²) in [6.45, 7) is 0.497. The molecular formula is C17H22O3. The predicted molar refractivity (Wildman–Crippen MR) is 78.2 cm³/mol. The Balaban J connectivity index is 1.87. The number of aliphatic hydroxyl groups is 1. The zero-order valence-corrected chi connectivity index (χ0v) is 12.0. The molecule has 0 aromatic heterocycles. The van der Waals surface area contributed by atoms with Crippen molar-refractivity contribution in [2.45, 2.75) is 44.5 Å². The molecule has 2 atom stereocenters. The van der Waals surface area contributed by atoms with Gasteiger partial charge in [0.25, 0.3) is 0 Å². The van der Waals surface area contributed by atoms with Gasteiger partial charge in [-0.05, 0) is 43.4 Å². The summed E-state index contributed by atoms with van der Waals surface area (Å²) in [5, 5.41) is 8.71. The molecule has 108 valence electrons. The number of benzene rings is 1. The van der Waals surface area contributed by atoms with Crippen LogP contribution in [0.25, 0.3) is 0 Å². The van der Waals surface area contributed by atoms with Gasteiger partial charge in [0, 0.05) is 12.7 Å². The van der Waals surface area contributed by atoms with Crippen LogP contribution >= 0.6 is 0 Å². The second-order valence-electron chi connectivity index (χ2n) is 5.12. The van der Waals surface area contributed by atoms with Gasteiger partial charge in [-0.3, -0.25) is 0 Å². The Hall–Kier alpha value is -1.34. The van der Waals surface area contributed by atoms with Crippen molar-refractivity contribution in [3.05, 3.63) is 35.4 Å². The van der Waals surface area contributed by atoms with Crippen LogP contribution in [0.1, 0.15) is 36.8 Å². The lowest BCUT2D eigenvalue weighted by molar-refractivity contribution is -0.0363. The molecule has 3 heteroatoms. The lowest BCUT2D eigenvalue weighted by Gasteiger charge is -2.28. The standard InChI is InChI=1S/C17H22O3/c1-19-16-8-3-9-17(12-16)20-13-15-6-2-5-14(11-15)7-4-10-18/h2,5-6,11,16-18H,3,8-10,12-13H2,1H3. The Labute approximate surface area is 120 Å². The van der Waals surface area contributed by atoms with Gasteiger partial charge in [0.2, 0.25) is 0 Å². The molecule has 0 amide bonds. The van der Waals surface area contributed by atoms with Gasteiger partial charge in [-0.2, -0.15) is 0 Å². The number of ether oxygens (including phenoxy) is 2. The summed E-state index contributed by atoms with van der Waals surface area (Å²) in [6.07, 6.45) is 5.05. The molecule has 0 spiro atoms. The summed E-state index contributed by atoms with van der Waals surface area (Å²) < 4.78 is 11.4. The van der Waals surface area contributed by atoms with Gasteiger partial charge in [0.1, 0.15) is 6.61 Å². The average Bonchev–Trinajstić information content (AvgIpc) is 2.51. The average molecular weight is 274 g/mol. The van der Waals surface area contributed by atoms with Gasteiger partial charge in [-0.1, -0.05) is 24.0 Å². The molecule has 2 rings (SSSR count). The maximum Gasteiger partial charge on any atom is 0.104 e. The normalized spacial score (nSPS) is 22.1. The van der Waals surface area contributed by atoms with Crippen LogP contribution in [0.5, 0.6) is 0 Å². The Bertz CT molecular complexity index is 473. The minimum Gasteiger partial charge on any atom is -0.384 e. The van der Waals surface area contributed by atoms with E-state index in [1.54, 1.807) is 7.11 Å². The van der Waals surface area contributed by atoms with Gasteiger partial charge in [0.05, 0.1) is 18.8 Å². The minimum absolute atomic E-state index is 0.110. The first kappa shape index (κ1) is 15.1. The highest BCUT2D eigenvalue weighted by Gasteiger charge is 2.22. The molecule has 1 aromatic rings. The number of aliphatic hydroxyl groups excluding tert-OH is 1. The van der Waals surface area contributed by atoms with Gasteiger partial charge < -0.3 is 14.6 Å². The van der Waals surface area contributed by atoms with Crippen LogP contribution in [0.15, 0.2) is 24.3 Å². The quantitative estimate of drug-likeness (QED) is 0.857. The molecule has 1 aromatic carbocycles. The molecule has 2 unspecified atom stereocenters. The second kappa shape index (κ2) is 8.06. The molecule has 1 N–H and O–H groups in total. The summed E-state index contributed by atoms with van der Waals surface area (Å²) in [6, 6.07) is 7.96. The molecule has 3 nitrogen and oxygen atoms in total. The fourth-order valence-corrected chi connectivity index (χ4v) is 2.56. The SMILES string of the molecule is COC1CCCC(OCc2cccc(C#CCO)c2)C1. The lowest BCUT2D eigenvalue weighted by atomic mass is 9.95. The van der Waals surface area contributed by atoms with Crippen LogP contribution in [0.4, 0.5) is 0 Å². The van der Waals surface area contributed by atoms with E-state index >= 15 is 0 Å². The predicted octanol–water partition coefficient (Wildman–Crippen LogP) is 2.50. The molecule has 1 aliphatic rings. The zero-order valence-electron chi connectivity index (χ0n) is 12.0. The van der Waals surface area contributed by atoms with E-state index in [0.29, 0.717) is 18.8 Å². The molecule has 1 aliphatic carbocycles. The number of hydrogen-bond acceptors (Lipinski definition) is 3. The fraction of sp³-hybridized carbons (Fsp3) is 0.529. The maximum absolute atomic E-state index is 8.71. The molecule has 0 aliphatic heterocycles. The van der Waals surface area contributed by atoms with Gasteiger partial charge in [-0.25, -0.2) is 0 Å². The Morgan fingerprint density at radius 1 is 1.30 bits per heavy atom. The van der Waals surface area contributed by atoms with Crippen molar-refractivity contribution >= 4 is 0 Å². The van der Waals surface area contributed by atoms with Crippen LogP contribution < -0.4 is 0 Å². The molecule has 0 heterocycles. The molecule has 0 bridgehead atoms. The van der Waals surface area contributed by atoms with Crippen LogP contribution in [0, 0.1) is 11.8 Å². The molecule has 0 radical (unpaired) electrons. The highest BCUT2D eigenvalue weighted by atomic mass is 16.5. The third-order valence-corrected chi connectivity index (χ3v) is 3.64. The molecule has 1 saturated carbocycles. The Kier molecular flexibility index (Phi) is 6.07. The zero-order chi connectivity index (χ0) is 14.2. The van der Waals surface area contributed by atoms with E-state index < -0.39 is 0 Å². The van der Waals surface area contributed by atoms with E-state index in [2.05, 4.69) is 11.8 Å².